The van der Waals surface area contributed by atoms with Gasteiger partial charge in [-0.15, -0.1) is 0 Å². The maximum Gasteiger partial charge on any atom is 0.321 e. The van der Waals surface area contributed by atoms with Crippen LogP contribution < -0.4 is 9.47 Å². The van der Waals surface area contributed by atoms with Crippen LogP contribution in [0.4, 0.5) is 0 Å². The van der Waals surface area contributed by atoms with Crippen molar-refractivity contribution in [2.75, 3.05) is 33.3 Å². The lowest BCUT2D eigenvalue weighted by Crippen LogP contribution is -2.50. The third-order valence-corrected chi connectivity index (χ3v) is 7.68. The molecule has 3 heterocycles. The number of hydrogen-bond acceptors (Lipinski definition) is 6. The van der Waals surface area contributed by atoms with Crippen LogP contribution in [0.5, 0.6) is 17.5 Å². The zero-order valence-corrected chi connectivity index (χ0v) is 21.6. The van der Waals surface area contributed by atoms with Crippen LogP contribution in [-0.4, -0.2) is 59.0 Å². The second-order valence-corrected chi connectivity index (χ2v) is 10.2. The Hall–Kier alpha value is -3.45. The average molecular weight is 501 g/mol. The smallest absolute Gasteiger partial charge is 0.321 e. The third-order valence-electron chi connectivity index (χ3n) is 7.68. The summed E-state index contributed by atoms with van der Waals surface area (Å²) < 4.78 is 11.9. The first kappa shape index (κ1) is 25.2. The summed E-state index contributed by atoms with van der Waals surface area (Å²) in [6.07, 6.45) is 9.19. The minimum Gasteiger partial charge on any atom is -0.491 e. The van der Waals surface area contributed by atoms with Gasteiger partial charge in [0, 0.05) is 26.0 Å². The highest BCUT2D eigenvalue weighted by atomic mass is 16.5. The van der Waals surface area contributed by atoms with Crippen LogP contribution in [0, 0.1) is 5.41 Å². The number of carbonyl (C=O) groups is 1. The Labute approximate surface area is 219 Å². The van der Waals surface area contributed by atoms with Crippen molar-refractivity contribution in [3.8, 4) is 17.5 Å². The van der Waals surface area contributed by atoms with E-state index in [9.17, 15) is 4.79 Å². The van der Waals surface area contributed by atoms with Crippen LogP contribution in [0.15, 0.2) is 67.0 Å². The van der Waals surface area contributed by atoms with Gasteiger partial charge in [-0.3, -0.25) is 9.69 Å². The molecule has 194 valence electrons. The van der Waals surface area contributed by atoms with Gasteiger partial charge in [-0.2, -0.15) is 0 Å². The fourth-order valence-corrected chi connectivity index (χ4v) is 5.55. The Morgan fingerprint density at radius 1 is 0.946 bits per heavy atom. The standard InChI is InChI=1S/C30H36N4O3/c1-33-20-21-36-27-12-3-2-9-25(27)10-4-5-13-30(28(33)35)14-18-34(19-15-30)23-24-8-6-11-26(22-24)37-29-31-16-7-17-32-29/h2-3,6-9,11-12,16-17,22H,4-5,10,13-15,18-21,23H2,1H3. The van der Waals surface area contributed by atoms with Crippen LogP contribution in [0.3, 0.4) is 0 Å². The summed E-state index contributed by atoms with van der Waals surface area (Å²) in [6, 6.07) is 18.5. The third kappa shape index (κ3) is 6.28. The molecule has 2 aliphatic heterocycles. The first-order chi connectivity index (χ1) is 18.1. The number of piperidine rings is 1. The summed E-state index contributed by atoms with van der Waals surface area (Å²) in [6.45, 7) is 3.78. The van der Waals surface area contributed by atoms with Gasteiger partial charge >= 0.3 is 6.01 Å². The Balaban J connectivity index is 1.21. The van der Waals surface area contributed by atoms with Crippen molar-refractivity contribution in [2.24, 2.45) is 5.41 Å². The minimum absolute atomic E-state index is 0.278. The number of aromatic nitrogens is 2. The van der Waals surface area contributed by atoms with Crippen LogP contribution in [0.1, 0.15) is 43.2 Å². The fraction of sp³-hybridized carbons (Fsp3) is 0.433. The molecule has 1 amide bonds. The summed E-state index contributed by atoms with van der Waals surface area (Å²) in [4.78, 5) is 26.3. The van der Waals surface area contributed by atoms with Crippen LogP contribution >= 0.6 is 0 Å². The number of likely N-dealkylation sites (tertiary alicyclic amines) is 1. The Kier molecular flexibility index (Phi) is 7.99. The maximum absolute atomic E-state index is 13.7. The van der Waals surface area contributed by atoms with Gasteiger partial charge in [-0.05, 0) is 80.6 Å². The zero-order chi connectivity index (χ0) is 25.5. The number of rotatable bonds is 4. The van der Waals surface area contributed by atoms with Crippen LogP contribution in [0.25, 0.3) is 0 Å². The highest BCUT2D eigenvalue weighted by molar-refractivity contribution is 5.82. The second-order valence-electron chi connectivity index (χ2n) is 10.2. The number of fused-ring (bicyclic) bond motifs is 1. The van der Waals surface area contributed by atoms with Crippen molar-refractivity contribution in [2.45, 2.75) is 45.1 Å². The molecule has 3 aromatic rings. The minimum atomic E-state index is -0.278. The number of amides is 1. The first-order valence-corrected chi connectivity index (χ1v) is 13.3. The molecule has 1 fully saturated rings. The molecule has 0 atom stereocenters. The molecule has 0 bridgehead atoms. The van der Waals surface area contributed by atoms with E-state index < -0.39 is 0 Å². The lowest BCUT2D eigenvalue weighted by Gasteiger charge is -2.43. The summed E-state index contributed by atoms with van der Waals surface area (Å²) in [7, 11) is 1.93. The first-order valence-electron chi connectivity index (χ1n) is 13.3. The molecule has 2 aromatic carbocycles. The van der Waals surface area contributed by atoms with Gasteiger partial charge in [0.05, 0.1) is 12.0 Å². The molecule has 0 radical (unpaired) electrons. The van der Waals surface area contributed by atoms with Crippen molar-refractivity contribution in [3.63, 3.8) is 0 Å². The summed E-state index contributed by atoms with van der Waals surface area (Å²) >= 11 is 0. The average Bonchev–Trinajstić information content (AvgIpc) is 2.92. The van der Waals surface area contributed by atoms with E-state index in [2.05, 4.69) is 33.1 Å². The van der Waals surface area contributed by atoms with Gasteiger partial charge in [-0.1, -0.05) is 36.8 Å². The van der Waals surface area contributed by atoms with Crippen molar-refractivity contribution in [1.82, 2.24) is 19.8 Å². The molecule has 37 heavy (non-hydrogen) atoms. The second kappa shape index (κ2) is 11.7. The van der Waals surface area contributed by atoms with Gasteiger partial charge in [0.25, 0.3) is 0 Å². The van der Waals surface area contributed by atoms with E-state index in [-0.39, 0.29) is 11.3 Å². The lowest BCUT2D eigenvalue weighted by atomic mass is 9.73. The molecule has 1 saturated heterocycles. The molecule has 5 rings (SSSR count). The van der Waals surface area contributed by atoms with Crippen LogP contribution in [-0.2, 0) is 17.8 Å². The highest BCUT2D eigenvalue weighted by Gasteiger charge is 2.42. The van der Waals surface area contributed by atoms with Gasteiger partial charge in [0.15, 0.2) is 0 Å². The molecule has 0 saturated carbocycles. The number of aryl methyl sites for hydroxylation is 1. The number of hydrogen-bond donors (Lipinski definition) is 0. The van der Waals surface area contributed by atoms with E-state index in [4.69, 9.17) is 9.47 Å². The number of likely N-dealkylation sites (N-methyl/N-ethyl adjacent to an activating group) is 1. The quantitative estimate of drug-likeness (QED) is 0.496. The highest BCUT2D eigenvalue weighted by Crippen LogP contribution is 2.39. The molecular weight excluding hydrogens is 464 g/mol. The lowest BCUT2D eigenvalue weighted by molar-refractivity contribution is -0.145. The summed E-state index contributed by atoms with van der Waals surface area (Å²) in [5, 5.41) is 0. The Morgan fingerprint density at radius 2 is 1.76 bits per heavy atom. The van der Waals surface area contributed by atoms with Crippen molar-refractivity contribution in [3.05, 3.63) is 78.1 Å². The van der Waals surface area contributed by atoms with E-state index >= 15 is 0 Å². The van der Waals surface area contributed by atoms with Gasteiger partial charge in [-0.25, -0.2) is 9.97 Å². The molecule has 7 heteroatoms. The summed E-state index contributed by atoms with van der Waals surface area (Å²) in [5.74, 6) is 1.97. The molecule has 0 aliphatic carbocycles. The molecule has 7 nitrogen and oxygen atoms in total. The molecule has 2 aliphatic rings. The van der Waals surface area contributed by atoms with Crippen molar-refractivity contribution < 1.29 is 14.3 Å². The topological polar surface area (TPSA) is 67.8 Å². The van der Waals surface area contributed by atoms with Crippen molar-refractivity contribution >= 4 is 5.91 Å². The molecular formula is C30H36N4O3. The van der Waals surface area contributed by atoms with Crippen LogP contribution in [0.2, 0.25) is 0 Å². The predicted molar refractivity (Wildman–Crippen MR) is 143 cm³/mol. The molecule has 1 aromatic heterocycles. The van der Waals surface area contributed by atoms with E-state index in [1.54, 1.807) is 18.5 Å². The van der Waals surface area contributed by atoms with Gasteiger partial charge < -0.3 is 14.4 Å². The Morgan fingerprint density at radius 3 is 2.59 bits per heavy atom. The molecule has 1 spiro atoms. The number of para-hydroxylation sites is 1. The monoisotopic (exact) mass is 500 g/mol. The molecule has 0 N–H and O–H groups in total. The number of carbonyl (C=O) groups excluding carboxylic acids is 1. The SMILES string of the molecule is CN1CCOc2ccccc2CCCCC2(CCN(Cc3cccc(Oc4ncccn4)c3)CC2)C1=O. The van der Waals surface area contributed by atoms with Gasteiger partial charge in [0.2, 0.25) is 5.91 Å². The molecule has 0 unspecified atom stereocenters. The predicted octanol–water partition coefficient (Wildman–Crippen LogP) is 5.11. The van der Waals surface area contributed by atoms with E-state index in [1.807, 2.05) is 42.3 Å². The number of ether oxygens (including phenoxy) is 2. The van der Waals surface area contributed by atoms with Gasteiger partial charge in [0.1, 0.15) is 18.1 Å². The maximum atomic E-state index is 13.7. The largest absolute Gasteiger partial charge is 0.491 e. The van der Waals surface area contributed by atoms with E-state index in [0.29, 0.717) is 19.2 Å². The van der Waals surface area contributed by atoms with E-state index in [0.717, 1.165) is 69.7 Å². The Bertz CT molecular complexity index is 1180. The number of nitrogens with zero attached hydrogens (tertiary/aromatic N) is 4. The normalized spacial score (nSPS) is 18.8. The summed E-state index contributed by atoms with van der Waals surface area (Å²) in [5.41, 5.74) is 2.17. The fourth-order valence-electron chi connectivity index (χ4n) is 5.55. The van der Waals surface area contributed by atoms with E-state index in [1.165, 1.54) is 11.1 Å². The number of benzene rings is 2. The zero-order valence-electron chi connectivity index (χ0n) is 21.6. The van der Waals surface area contributed by atoms with Crippen molar-refractivity contribution in [1.29, 1.82) is 0 Å².